The van der Waals surface area contributed by atoms with Gasteiger partial charge in [-0.1, -0.05) is 60.2 Å². The van der Waals surface area contributed by atoms with Crippen molar-refractivity contribution in [2.75, 3.05) is 0 Å². The Morgan fingerprint density at radius 2 is 1.73 bits per heavy atom. The first-order valence-corrected chi connectivity index (χ1v) is 8.88. The molecule has 0 atom stereocenters. The summed E-state index contributed by atoms with van der Waals surface area (Å²) in [7, 11) is 0. The highest BCUT2D eigenvalue weighted by molar-refractivity contribution is 6.24. The monoisotopic (exact) mass is 335 g/mol. The number of allylic oxidation sites excluding steroid dienone is 1. The normalized spacial score (nSPS) is 14.7. The van der Waals surface area contributed by atoms with Crippen LogP contribution >= 0.6 is 0 Å². The summed E-state index contributed by atoms with van der Waals surface area (Å²) in [5.74, 6) is 0. The topological polar surface area (TPSA) is 29.8 Å². The average molecular weight is 335 g/mol. The number of aryl methyl sites for hydroxylation is 1. The lowest BCUT2D eigenvalue weighted by atomic mass is 9.89. The van der Waals surface area contributed by atoms with E-state index in [-0.39, 0.29) is 0 Å². The summed E-state index contributed by atoms with van der Waals surface area (Å²) in [6.45, 7) is 2.14. The van der Waals surface area contributed by atoms with Crippen LogP contribution in [0.3, 0.4) is 0 Å². The number of hydrogen-bond acceptors (Lipinski definition) is 0. The Balaban J connectivity index is 1.86. The summed E-state index contributed by atoms with van der Waals surface area (Å²) >= 11 is 0. The summed E-state index contributed by atoms with van der Waals surface area (Å²) < 4.78 is 0. The van der Waals surface area contributed by atoms with E-state index < -0.39 is 0 Å². The van der Waals surface area contributed by atoms with Gasteiger partial charge in [-0.2, -0.15) is 0 Å². The van der Waals surface area contributed by atoms with E-state index >= 15 is 0 Å². The molecule has 26 heavy (non-hydrogen) atoms. The first-order valence-electron chi connectivity index (χ1n) is 8.88. The first-order chi connectivity index (χ1) is 12.8. The predicted molar refractivity (Wildman–Crippen MR) is 109 cm³/mol. The number of benzene rings is 3. The largest absolute Gasteiger partial charge is 0.361 e. The molecule has 2 heteroatoms. The van der Waals surface area contributed by atoms with Crippen molar-refractivity contribution in [2.45, 2.75) is 6.92 Å². The van der Waals surface area contributed by atoms with Crippen LogP contribution in [0.4, 0.5) is 5.69 Å². The van der Waals surface area contributed by atoms with Gasteiger partial charge in [0.05, 0.1) is 11.1 Å². The zero-order valence-corrected chi connectivity index (χ0v) is 14.6. The minimum atomic E-state index is 1.16. The number of rotatable bonds is 2. The smallest absolute Gasteiger partial charge is 0.211 e. The number of fused-ring (bicyclic) bond motifs is 2. The number of H-pyrrole nitrogens is 1. The third-order valence-electron chi connectivity index (χ3n) is 5.02. The Bertz CT molecular complexity index is 1190. The molecule has 3 aromatic carbocycles. The molecule has 2 N–H and O–H groups in total. The van der Waals surface area contributed by atoms with E-state index in [1.165, 1.54) is 38.8 Å². The van der Waals surface area contributed by atoms with Crippen LogP contribution in [0.2, 0.25) is 0 Å². The van der Waals surface area contributed by atoms with Crippen molar-refractivity contribution >= 4 is 34.0 Å². The Labute approximate surface area is 152 Å². The number of hydrogen-bond donors (Lipinski definition) is 2. The lowest BCUT2D eigenvalue weighted by Crippen LogP contribution is -2.58. The summed E-state index contributed by atoms with van der Waals surface area (Å²) in [4.78, 5) is 6.86. The maximum absolute atomic E-state index is 3.43. The van der Waals surface area contributed by atoms with E-state index in [0.29, 0.717) is 0 Å². The molecule has 4 aromatic rings. The fourth-order valence-corrected chi connectivity index (χ4v) is 3.81. The van der Waals surface area contributed by atoms with Gasteiger partial charge in [-0.05, 0) is 24.6 Å². The van der Waals surface area contributed by atoms with Crippen LogP contribution in [0.5, 0.6) is 0 Å². The first kappa shape index (κ1) is 14.9. The molecular weight excluding hydrogens is 316 g/mol. The number of aromatic amines is 1. The summed E-state index contributed by atoms with van der Waals surface area (Å²) in [6, 6.07) is 25.7. The Morgan fingerprint density at radius 3 is 2.65 bits per heavy atom. The van der Waals surface area contributed by atoms with Crippen molar-refractivity contribution in [2.24, 2.45) is 0 Å². The lowest BCUT2D eigenvalue weighted by molar-refractivity contribution is -0.342. The number of aromatic nitrogens is 1. The molecule has 124 valence electrons. The molecule has 0 fully saturated rings. The minimum absolute atomic E-state index is 1.16. The van der Waals surface area contributed by atoms with Crippen molar-refractivity contribution in [3.63, 3.8) is 0 Å². The highest BCUT2D eigenvalue weighted by Crippen LogP contribution is 2.37. The van der Waals surface area contributed by atoms with Crippen molar-refractivity contribution in [3.05, 3.63) is 101 Å². The van der Waals surface area contributed by atoms with Crippen LogP contribution < -0.4 is 4.99 Å². The van der Waals surface area contributed by atoms with Gasteiger partial charge >= 0.3 is 0 Å². The third kappa shape index (κ3) is 2.31. The van der Waals surface area contributed by atoms with Crippen LogP contribution in [0.15, 0.2) is 79.0 Å². The molecule has 0 saturated carbocycles. The standard InChI is InChI=1S/C24H18N2/c1-16-7-6-8-17(13-16)24(20-14-25-22-11-4-2-9-18(20)22)21-15-26-23-12-5-3-10-19(21)23/h2-15,25H,1H3/p+1. The van der Waals surface area contributed by atoms with Crippen LogP contribution in [-0.2, 0) is 0 Å². The van der Waals surface area contributed by atoms with Crippen LogP contribution in [0.25, 0.3) is 22.0 Å². The zero-order chi connectivity index (χ0) is 17.5. The van der Waals surface area contributed by atoms with E-state index in [1.54, 1.807) is 0 Å². The van der Waals surface area contributed by atoms with Crippen molar-refractivity contribution in [3.8, 4) is 0 Å². The molecule has 0 aliphatic carbocycles. The van der Waals surface area contributed by atoms with Gasteiger partial charge in [-0.15, -0.1) is 0 Å². The second kappa shape index (κ2) is 5.85. The third-order valence-corrected chi connectivity index (χ3v) is 5.02. The summed E-state index contributed by atoms with van der Waals surface area (Å²) in [5.41, 5.74) is 9.78. The second-order valence-electron chi connectivity index (χ2n) is 6.74. The maximum atomic E-state index is 3.43. The minimum Gasteiger partial charge on any atom is -0.361 e. The van der Waals surface area contributed by atoms with Gasteiger partial charge in [-0.25, -0.2) is 4.99 Å². The second-order valence-corrected chi connectivity index (χ2v) is 6.74. The van der Waals surface area contributed by atoms with E-state index in [4.69, 9.17) is 0 Å². The molecule has 1 aromatic heterocycles. The van der Waals surface area contributed by atoms with Crippen molar-refractivity contribution in [1.29, 1.82) is 0 Å². The fraction of sp³-hybridized carbons (Fsp3) is 0.0417. The number of nitrogens with one attached hydrogen (secondary N) is 2. The fourth-order valence-electron chi connectivity index (χ4n) is 3.81. The highest BCUT2D eigenvalue weighted by atomic mass is 14.8. The maximum Gasteiger partial charge on any atom is 0.211 e. The molecular formula is C24H19N2+. The zero-order valence-electron chi connectivity index (χ0n) is 14.6. The molecule has 5 rings (SSSR count). The molecule has 2 heterocycles. The van der Waals surface area contributed by atoms with Gasteiger partial charge in [0.25, 0.3) is 0 Å². The molecule has 0 bridgehead atoms. The Kier molecular flexibility index (Phi) is 3.36. The van der Waals surface area contributed by atoms with Gasteiger partial charge in [0.1, 0.15) is 0 Å². The van der Waals surface area contributed by atoms with Crippen LogP contribution in [0.1, 0.15) is 22.3 Å². The SMILES string of the molecule is Cc1cccc(C(=C2C=[NH+]c3ccccc32)c2c[nH]c3ccccc23)c1. The van der Waals surface area contributed by atoms with Gasteiger partial charge < -0.3 is 4.98 Å². The quantitative estimate of drug-likeness (QED) is 0.549. The molecule has 0 unspecified atom stereocenters. The number of para-hydroxylation sites is 2. The molecule has 1 aliphatic heterocycles. The van der Waals surface area contributed by atoms with Gasteiger partial charge in [0, 0.05) is 34.3 Å². The summed E-state index contributed by atoms with van der Waals surface area (Å²) in [6.07, 6.45) is 4.26. The van der Waals surface area contributed by atoms with Gasteiger partial charge in [-0.3, -0.25) is 0 Å². The van der Waals surface area contributed by atoms with E-state index in [0.717, 1.165) is 11.2 Å². The molecule has 0 saturated heterocycles. The summed E-state index contributed by atoms with van der Waals surface area (Å²) in [5, 5.41) is 1.24. The molecule has 2 nitrogen and oxygen atoms in total. The Hall–Kier alpha value is -3.39. The van der Waals surface area contributed by atoms with Crippen LogP contribution in [-0.4, -0.2) is 11.2 Å². The molecule has 1 aliphatic rings. The van der Waals surface area contributed by atoms with Crippen molar-refractivity contribution in [1.82, 2.24) is 4.98 Å². The lowest BCUT2D eigenvalue weighted by Gasteiger charge is -2.11. The molecule has 0 spiro atoms. The predicted octanol–water partition coefficient (Wildman–Crippen LogP) is 4.23. The van der Waals surface area contributed by atoms with E-state index in [2.05, 4.69) is 102 Å². The highest BCUT2D eigenvalue weighted by Gasteiger charge is 2.24. The van der Waals surface area contributed by atoms with E-state index in [9.17, 15) is 0 Å². The molecule has 0 radical (unpaired) electrons. The van der Waals surface area contributed by atoms with Crippen LogP contribution in [0, 0.1) is 6.92 Å². The average Bonchev–Trinajstić information content (AvgIpc) is 3.28. The van der Waals surface area contributed by atoms with Gasteiger partial charge in [0.2, 0.25) is 5.69 Å². The van der Waals surface area contributed by atoms with E-state index in [1.807, 2.05) is 0 Å². The van der Waals surface area contributed by atoms with Gasteiger partial charge in [0.15, 0.2) is 6.21 Å². The Morgan fingerprint density at radius 1 is 0.885 bits per heavy atom. The molecule has 0 amide bonds. The van der Waals surface area contributed by atoms with Crippen molar-refractivity contribution < 1.29 is 4.99 Å².